The van der Waals surface area contributed by atoms with Crippen LogP contribution in [0, 0.1) is 0 Å². The molecule has 2 aromatic heterocycles. The lowest BCUT2D eigenvalue weighted by Crippen LogP contribution is -2.10. The molecule has 0 aliphatic heterocycles. The molecule has 0 amide bonds. The number of benzene rings is 1. The van der Waals surface area contributed by atoms with Gasteiger partial charge in [-0.05, 0) is 49.3 Å². The predicted molar refractivity (Wildman–Crippen MR) is 97.5 cm³/mol. The fourth-order valence-electron chi connectivity index (χ4n) is 4.44. The Kier molecular flexibility index (Phi) is 3.48. The summed E-state index contributed by atoms with van der Waals surface area (Å²) in [6.07, 6.45) is 8.46. The summed E-state index contributed by atoms with van der Waals surface area (Å²) in [5.74, 6) is 0.906. The van der Waals surface area contributed by atoms with Crippen LogP contribution >= 0.6 is 0 Å². The molecular formula is C20H22N4O. The highest BCUT2D eigenvalue weighted by Gasteiger charge is 2.27. The first-order chi connectivity index (χ1) is 12.3. The van der Waals surface area contributed by atoms with Gasteiger partial charge in [0.1, 0.15) is 17.8 Å². The highest BCUT2D eigenvalue weighted by molar-refractivity contribution is 5.87. The van der Waals surface area contributed by atoms with E-state index in [0.29, 0.717) is 12.1 Å². The van der Waals surface area contributed by atoms with Crippen molar-refractivity contribution < 1.29 is 5.11 Å². The van der Waals surface area contributed by atoms with Crippen LogP contribution in [0.2, 0.25) is 0 Å². The van der Waals surface area contributed by atoms with Gasteiger partial charge in [-0.2, -0.15) is 0 Å². The molecule has 5 nitrogen and oxygen atoms in total. The molecule has 2 N–H and O–H groups in total. The number of rotatable bonds is 3. The molecule has 2 aliphatic carbocycles. The van der Waals surface area contributed by atoms with Crippen LogP contribution < -0.4 is 5.32 Å². The number of hydrogen-bond donors (Lipinski definition) is 2. The van der Waals surface area contributed by atoms with Gasteiger partial charge in [0.2, 0.25) is 0 Å². The Morgan fingerprint density at radius 3 is 2.88 bits per heavy atom. The molecular weight excluding hydrogens is 312 g/mol. The monoisotopic (exact) mass is 334 g/mol. The van der Waals surface area contributed by atoms with Crippen molar-refractivity contribution >= 4 is 16.9 Å². The van der Waals surface area contributed by atoms with Crippen molar-refractivity contribution in [1.29, 1.82) is 0 Å². The van der Waals surface area contributed by atoms with E-state index in [1.165, 1.54) is 11.1 Å². The minimum absolute atomic E-state index is 0.183. The zero-order valence-electron chi connectivity index (χ0n) is 14.1. The Bertz CT molecular complexity index is 919. The van der Waals surface area contributed by atoms with E-state index < -0.39 is 0 Å². The van der Waals surface area contributed by atoms with Gasteiger partial charge < -0.3 is 15.0 Å². The van der Waals surface area contributed by atoms with Gasteiger partial charge in [0, 0.05) is 12.2 Å². The van der Waals surface area contributed by atoms with E-state index in [9.17, 15) is 5.11 Å². The number of nitrogens with one attached hydrogen (secondary N) is 1. The van der Waals surface area contributed by atoms with Crippen LogP contribution in [0.4, 0.5) is 5.82 Å². The normalized spacial score (nSPS) is 25.4. The van der Waals surface area contributed by atoms with Crippen LogP contribution in [0.1, 0.15) is 48.9 Å². The van der Waals surface area contributed by atoms with Crippen molar-refractivity contribution in [3.63, 3.8) is 0 Å². The maximum Gasteiger partial charge on any atom is 0.145 e. The Labute approximate surface area is 146 Å². The maximum absolute atomic E-state index is 9.85. The summed E-state index contributed by atoms with van der Waals surface area (Å²) >= 11 is 0. The van der Waals surface area contributed by atoms with Crippen LogP contribution in [-0.4, -0.2) is 25.7 Å². The average Bonchev–Trinajstić information content (AvgIpc) is 3.34. The number of anilines is 1. The second-order valence-corrected chi connectivity index (χ2v) is 7.24. The van der Waals surface area contributed by atoms with E-state index in [-0.39, 0.29) is 6.10 Å². The minimum atomic E-state index is -0.183. The molecule has 1 saturated carbocycles. The topological polar surface area (TPSA) is 63.0 Å². The number of hydrogen-bond acceptors (Lipinski definition) is 4. The number of fused-ring (bicyclic) bond motifs is 2. The van der Waals surface area contributed by atoms with Gasteiger partial charge in [0.15, 0.2) is 0 Å². The smallest absolute Gasteiger partial charge is 0.145 e. The predicted octanol–water partition coefficient (Wildman–Crippen LogP) is 3.62. The van der Waals surface area contributed by atoms with Crippen LogP contribution in [0.15, 0.2) is 42.9 Å². The Balaban J connectivity index is 1.48. The number of aliphatic hydroxyl groups excluding tert-OH is 1. The Hall–Kier alpha value is -2.40. The summed E-state index contributed by atoms with van der Waals surface area (Å²) in [5, 5.41) is 14.6. The molecule has 0 bridgehead atoms. The molecule has 25 heavy (non-hydrogen) atoms. The average molecular weight is 334 g/mol. The maximum atomic E-state index is 9.85. The van der Waals surface area contributed by atoms with Crippen molar-refractivity contribution in [3.8, 4) is 0 Å². The third-order valence-corrected chi connectivity index (χ3v) is 5.72. The second-order valence-electron chi connectivity index (χ2n) is 7.24. The van der Waals surface area contributed by atoms with Crippen LogP contribution in [0.25, 0.3) is 11.0 Å². The van der Waals surface area contributed by atoms with Gasteiger partial charge in [-0.3, -0.25) is 0 Å². The summed E-state index contributed by atoms with van der Waals surface area (Å²) in [6.45, 7) is 0. The van der Waals surface area contributed by atoms with Gasteiger partial charge in [0.05, 0.1) is 17.5 Å². The summed E-state index contributed by atoms with van der Waals surface area (Å²) in [4.78, 5) is 9.03. The van der Waals surface area contributed by atoms with E-state index in [1.54, 1.807) is 6.33 Å². The molecule has 3 atom stereocenters. The molecule has 128 valence electrons. The number of aromatic nitrogens is 3. The molecule has 0 saturated heterocycles. The molecule has 1 fully saturated rings. The van der Waals surface area contributed by atoms with Gasteiger partial charge in [0.25, 0.3) is 0 Å². The first kappa shape index (κ1) is 14.9. The molecule has 2 aliphatic rings. The lowest BCUT2D eigenvalue weighted by atomic mass is 10.1. The summed E-state index contributed by atoms with van der Waals surface area (Å²) in [7, 11) is 0. The third-order valence-electron chi connectivity index (χ3n) is 5.72. The SMILES string of the molecule is O[C@@H]1CCC(n2ccc3c(N[C@H]4CCc5ccccc54)ncnc32)C1. The second kappa shape index (κ2) is 5.85. The molecule has 5 rings (SSSR count). The highest BCUT2D eigenvalue weighted by atomic mass is 16.3. The largest absolute Gasteiger partial charge is 0.393 e. The van der Waals surface area contributed by atoms with Crippen molar-refractivity contribution in [2.45, 2.75) is 50.3 Å². The van der Waals surface area contributed by atoms with Crippen molar-refractivity contribution in [2.75, 3.05) is 5.32 Å². The first-order valence-electron chi connectivity index (χ1n) is 9.13. The number of aliphatic hydroxyl groups is 1. The summed E-state index contributed by atoms with van der Waals surface area (Å²) in [5.41, 5.74) is 3.78. The molecule has 3 aromatic rings. The highest BCUT2D eigenvalue weighted by Crippen LogP contribution is 2.36. The Morgan fingerprint density at radius 2 is 2.00 bits per heavy atom. The van der Waals surface area contributed by atoms with E-state index >= 15 is 0 Å². The molecule has 1 aromatic carbocycles. The fourth-order valence-corrected chi connectivity index (χ4v) is 4.44. The summed E-state index contributed by atoms with van der Waals surface area (Å²) < 4.78 is 2.21. The molecule has 0 radical (unpaired) electrons. The van der Waals surface area contributed by atoms with Crippen LogP contribution in [0.3, 0.4) is 0 Å². The van der Waals surface area contributed by atoms with Gasteiger partial charge in [-0.25, -0.2) is 9.97 Å². The standard InChI is InChI=1S/C20H22N4O/c25-15-7-6-14(11-15)24-10-9-17-19(21-12-22-20(17)24)23-18-8-5-13-3-1-2-4-16(13)18/h1-4,9-10,12,14-15,18,25H,5-8,11H2,(H,21,22,23)/t14?,15-,18+/m1/s1. The lowest BCUT2D eigenvalue weighted by Gasteiger charge is -2.16. The molecule has 2 heterocycles. The van der Waals surface area contributed by atoms with Gasteiger partial charge in [-0.15, -0.1) is 0 Å². The van der Waals surface area contributed by atoms with Crippen molar-refractivity contribution in [1.82, 2.24) is 14.5 Å². The minimum Gasteiger partial charge on any atom is -0.393 e. The fraction of sp³-hybridized carbons (Fsp3) is 0.400. The quantitative estimate of drug-likeness (QED) is 0.768. The van der Waals surface area contributed by atoms with E-state index in [1.807, 2.05) is 0 Å². The van der Waals surface area contributed by atoms with E-state index in [4.69, 9.17) is 0 Å². The molecule has 5 heteroatoms. The summed E-state index contributed by atoms with van der Waals surface area (Å²) in [6, 6.07) is 11.4. The molecule has 0 spiro atoms. The van der Waals surface area contributed by atoms with Crippen LogP contribution in [0.5, 0.6) is 0 Å². The van der Waals surface area contributed by atoms with Gasteiger partial charge in [-0.1, -0.05) is 24.3 Å². The molecule has 1 unspecified atom stereocenters. The van der Waals surface area contributed by atoms with Crippen molar-refractivity contribution in [2.24, 2.45) is 0 Å². The zero-order chi connectivity index (χ0) is 16.8. The number of aryl methyl sites for hydroxylation is 1. The third kappa shape index (κ3) is 2.50. The zero-order valence-corrected chi connectivity index (χ0v) is 14.1. The van der Waals surface area contributed by atoms with Crippen LogP contribution in [-0.2, 0) is 6.42 Å². The van der Waals surface area contributed by atoms with Crippen molar-refractivity contribution in [3.05, 3.63) is 54.0 Å². The Morgan fingerprint density at radius 1 is 1.08 bits per heavy atom. The van der Waals surface area contributed by atoms with Gasteiger partial charge >= 0.3 is 0 Å². The van der Waals surface area contributed by atoms with E-state index in [2.05, 4.69) is 56.4 Å². The first-order valence-corrected chi connectivity index (χ1v) is 9.13. The number of nitrogens with zero attached hydrogens (tertiary/aromatic N) is 3. The van der Waals surface area contributed by atoms with E-state index in [0.717, 1.165) is 49.0 Å². The lowest BCUT2D eigenvalue weighted by molar-refractivity contribution is 0.178.